The summed E-state index contributed by atoms with van der Waals surface area (Å²) in [7, 11) is 0. The fourth-order valence-corrected chi connectivity index (χ4v) is 4.96. The van der Waals surface area contributed by atoms with Crippen LogP contribution in [0.15, 0.2) is 114 Å². The van der Waals surface area contributed by atoms with Crippen molar-refractivity contribution in [2.24, 2.45) is 15.2 Å². The average Bonchev–Trinajstić information content (AvgIpc) is 2.93. The Hall–Kier alpha value is -3.97. The summed E-state index contributed by atoms with van der Waals surface area (Å²) in [5, 5.41) is 9.26. The Morgan fingerprint density at radius 2 is 1.35 bits per heavy atom. The fourth-order valence-electron chi connectivity index (χ4n) is 3.38. The van der Waals surface area contributed by atoms with Gasteiger partial charge in [0.1, 0.15) is 5.69 Å². The molecule has 1 heterocycles. The average molecular weight is 584 g/mol. The Morgan fingerprint density at radius 1 is 0.775 bits per heavy atom. The second-order valence-corrected chi connectivity index (χ2v) is 9.96. The Balaban J connectivity index is 1.68. The lowest BCUT2D eigenvalue weighted by Crippen LogP contribution is -2.21. The van der Waals surface area contributed by atoms with E-state index in [-0.39, 0.29) is 17.3 Å². The molecule has 1 aromatic heterocycles. The van der Waals surface area contributed by atoms with Gasteiger partial charge >= 0.3 is 6.36 Å². The van der Waals surface area contributed by atoms with Gasteiger partial charge in [-0.05, 0) is 79.8 Å². The summed E-state index contributed by atoms with van der Waals surface area (Å²) in [5.41, 5.74) is 1.13. The third kappa shape index (κ3) is 8.78. The Labute approximate surface area is 237 Å². The lowest BCUT2D eigenvalue weighted by molar-refractivity contribution is -0.280. The van der Waals surface area contributed by atoms with Crippen molar-refractivity contribution >= 4 is 52.9 Å². The van der Waals surface area contributed by atoms with Crippen LogP contribution >= 0.6 is 23.5 Å². The third-order valence-electron chi connectivity index (χ3n) is 5.20. The highest BCUT2D eigenvalue weighted by atomic mass is 32.2. The molecule has 0 spiro atoms. The molecule has 0 unspecified atom stereocenters. The van der Waals surface area contributed by atoms with Gasteiger partial charge < -0.3 is 9.64 Å². The highest BCUT2D eigenvalue weighted by Gasteiger charge is 2.29. The molecule has 8 nitrogen and oxygen atoms in total. The standard InChI is InChI=1S/C27H24F3N7OS2/c1-3-37(4-2)19-15-16-22(23(17-19)31-18-38-27(28,29)30)35-36-24-32-25(39-20-11-7-5-8-12-20)34-26(33-24)40-21-13-9-6-10-14-21/h5-18H,3-4H2,1-2H3/b31-18+,36-35?. The minimum absolute atomic E-state index is 0.0427. The van der Waals surface area contributed by atoms with Crippen molar-refractivity contribution in [1.82, 2.24) is 15.0 Å². The van der Waals surface area contributed by atoms with E-state index in [2.05, 4.69) is 34.9 Å². The highest BCUT2D eigenvalue weighted by Crippen LogP contribution is 2.35. The summed E-state index contributed by atoms with van der Waals surface area (Å²) in [4.78, 5) is 21.2. The van der Waals surface area contributed by atoms with Crippen molar-refractivity contribution in [3.05, 3.63) is 78.9 Å². The van der Waals surface area contributed by atoms with Gasteiger partial charge in [0.15, 0.2) is 16.7 Å². The van der Waals surface area contributed by atoms with Crippen LogP contribution in [-0.4, -0.2) is 40.8 Å². The molecule has 0 amide bonds. The molecule has 0 aliphatic heterocycles. The molecule has 0 N–H and O–H groups in total. The van der Waals surface area contributed by atoms with Crippen molar-refractivity contribution in [1.29, 1.82) is 0 Å². The Kier molecular flexibility index (Phi) is 10.1. The Morgan fingerprint density at radius 3 is 1.88 bits per heavy atom. The number of hydrogen-bond acceptors (Lipinski definition) is 10. The predicted molar refractivity (Wildman–Crippen MR) is 150 cm³/mol. The predicted octanol–water partition coefficient (Wildman–Crippen LogP) is 8.63. The molecule has 4 rings (SSSR count). The minimum atomic E-state index is -4.85. The van der Waals surface area contributed by atoms with Crippen LogP contribution in [0.1, 0.15) is 13.8 Å². The van der Waals surface area contributed by atoms with E-state index in [1.54, 1.807) is 18.2 Å². The number of anilines is 1. The molecule has 4 aromatic rings. The van der Waals surface area contributed by atoms with Gasteiger partial charge in [-0.3, -0.25) is 0 Å². The van der Waals surface area contributed by atoms with Crippen LogP contribution in [0.25, 0.3) is 0 Å². The quantitative estimate of drug-likeness (QED) is 0.0992. The number of hydrogen-bond donors (Lipinski definition) is 0. The lowest BCUT2D eigenvalue weighted by Gasteiger charge is -2.21. The first kappa shape index (κ1) is 29.0. The largest absolute Gasteiger partial charge is 0.573 e. The van der Waals surface area contributed by atoms with E-state index >= 15 is 0 Å². The summed E-state index contributed by atoms with van der Waals surface area (Å²) in [6.07, 6.45) is -4.52. The first-order chi connectivity index (χ1) is 19.3. The molecule has 40 heavy (non-hydrogen) atoms. The first-order valence-corrected chi connectivity index (χ1v) is 13.8. The second-order valence-electron chi connectivity index (χ2n) is 7.87. The van der Waals surface area contributed by atoms with Gasteiger partial charge in [0.05, 0.1) is 5.69 Å². The van der Waals surface area contributed by atoms with Crippen LogP contribution in [0, 0.1) is 0 Å². The SMILES string of the molecule is CCN(CC)c1ccc(N=Nc2nc(Sc3ccccc3)nc(Sc3ccccc3)n2)c(/N=C/OC(F)(F)F)c1. The molecule has 0 saturated heterocycles. The maximum Gasteiger partial charge on any atom is 0.573 e. The number of benzene rings is 3. The van der Waals surface area contributed by atoms with Crippen molar-refractivity contribution in [2.75, 3.05) is 18.0 Å². The number of ether oxygens (including phenoxy) is 1. The monoisotopic (exact) mass is 583 g/mol. The van der Waals surface area contributed by atoms with E-state index in [9.17, 15) is 13.2 Å². The van der Waals surface area contributed by atoms with E-state index in [1.807, 2.05) is 79.4 Å². The number of aliphatic imine (C=N–C) groups is 1. The van der Waals surface area contributed by atoms with E-state index in [1.165, 1.54) is 23.5 Å². The van der Waals surface area contributed by atoms with Gasteiger partial charge in [-0.15, -0.1) is 23.4 Å². The molecule has 0 fully saturated rings. The van der Waals surface area contributed by atoms with Gasteiger partial charge in [0, 0.05) is 28.6 Å². The van der Waals surface area contributed by atoms with Crippen molar-refractivity contribution in [3.8, 4) is 0 Å². The summed E-state index contributed by atoms with van der Waals surface area (Å²) in [5.74, 6) is 0.0427. The molecular formula is C27H24F3N7OS2. The fraction of sp³-hybridized carbons (Fsp3) is 0.185. The number of aromatic nitrogens is 3. The zero-order chi connectivity index (χ0) is 28.4. The normalized spacial score (nSPS) is 11.8. The number of rotatable bonds is 11. The van der Waals surface area contributed by atoms with Gasteiger partial charge in [0.25, 0.3) is 5.95 Å². The number of halogens is 3. The third-order valence-corrected chi connectivity index (χ3v) is 6.95. The van der Waals surface area contributed by atoms with Crippen LogP contribution in [0.5, 0.6) is 0 Å². The molecular weight excluding hydrogens is 559 g/mol. The number of nitrogens with zero attached hydrogens (tertiary/aromatic N) is 7. The molecule has 206 valence electrons. The number of alkyl halides is 3. The molecule has 3 aromatic carbocycles. The smallest absolute Gasteiger partial charge is 0.395 e. The van der Waals surface area contributed by atoms with E-state index in [0.29, 0.717) is 29.8 Å². The van der Waals surface area contributed by atoms with Crippen LogP contribution in [0.4, 0.5) is 36.2 Å². The number of azo groups is 1. The van der Waals surface area contributed by atoms with Gasteiger partial charge in [-0.1, -0.05) is 36.4 Å². The second kappa shape index (κ2) is 13.9. The molecule has 0 bridgehead atoms. The Bertz CT molecular complexity index is 1390. The van der Waals surface area contributed by atoms with Crippen molar-refractivity contribution < 1.29 is 17.9 Å². The van der Waals surface area contributed by atoms with Crippen LogP contribution in [-0.2, 0) is 4.74 Å². The van der Waals surface area contributed by atoms with Gasteiger partial charge in [0.2, 0.25) is 0 Å². The highest BCUT2D eigenvalue weighted by molar-refractivity contribution is 7.99. The summed E-state index contributed by atoms with van der Waals surface area (Å²) in [6.45, 7) is 5.36. The van der Waals surface area contributed by atoms with Crippen molar-refractivity contribution in [3.63, 3.8) is 0 Å². The van der Waals surface area contributed by atoms with Gasteiger partial charge in [-0.2, -0.15) is 15.0 Å². The topological polar surface area (TPSA) is 88.2 Å². The molecule has 0 saturated carbocycles. The molecule has 0 atom stereocenters. The van der Waals surface area contributed by atoms with Crippen LogP contribution in [0.2, 0.25) is 0 Å². The summed E-state index contributed by atoms with van der Waals surface area (Å²) < 4.78 is 41.4. The molecule has 0 radical (unpaired) electrons. The maximum atomic E-state index is 12.5. The molecule has 0 aliphatic rings. The summed E-state index contributed by atoms with van der Waals surface area (Å²) in [6, 6.07) is 24.3. The zero-order valence-electron chi connectivity index (χ0n) is 21.5. The van der Waals surface area contributed by atoms with E-state index in [4.69, 9.17) is 0 Å². The molecule has 0 aliphatic carbocycles. The first-order valence-electron chi connectivity index (χ1n) is 12.1. The van der Waals surface area contributed by atoms with Crippen LogP contribution in [0.3, 0.4) is 0 Å². The summed E-state index contributed by atoms with van der Waals surface area (Å²) >= 11 is 2.69. The minimum Gasteiger partial charge on any atom is -0.395 e. The van der Waals surface area contributed by atoms with E-state index in [0.717, 1.165) is 15.5 Å². The molecule has 13 heteroatoms. The maximum absolute atomic E-state index is 12.5. The van der Waals surface area contributed by atoms with Crippen LogP contribution < -0.4 is 4.90 Å². The zero-order valence-corrected chi connectivity index (χ0v) is 23.1. The van der Waals surface area contributed by atoms with Gasteiger partial charge in [-0.25, -0.2) is 4.99 Å². The van der Waals surface area contributed by atoms with Crippen molar-refractivity contribution in [2.45, 2.75) is 40.3 Å². The lowest BCUT2D eigenvalue weighted by atomic mass is 10.2. The van der Waals surface area contributed by atoms with E-state index < -0.39 is 6.36 Å².